The van der Waals surface area contributed by atoms with Crippen molar-refractivity contribution in [1.29, 1.82) is 0 Å². The van der Waals surface area contributed by atoms with Crippen molar-refractivity contribution in [3.05, 3.63) is 60.4 Å². The van der Waals surface area contributed by atoms with Gasteiger partial charge in [0.2, 0.25) is 0 Å². The van der Waals surface area contributed by atoms with Crippen molar-refractivity contribution in [2.24, 2.45) is 0 Å². The monoisotopic (exact) mass is 216 g/mol. The molecule has 1 aliphatic carbocycles. The van der Waals surface area contributed by atoms with Crippen LogP contribution in [0.1, 0.15) is 20.3 Å². The third kappa shape index (κ3) is 2.34. The lowest BCUT2D eigenvalue weighted by Gasteiger charge is -2.14. The lowest BCUT2D eigenvalue weighted by molar-refractivity contribution is 0.619. The fraction of sp³-hybridized carbons (Fsp3) is 0.286. The van der Waals surface area contributed by atoms with Crippen LogP contribution in [-0.4, -0.2) is 6.04 Å². The number of hydrogen-bond acceptors (Lipinski definition) is 2. The predicted molar refractivity (Wildman–Crippen MR) is 70.7 cm³/mol. The van der Waals surface area contributed by atoms with Crippen LogP contribution in [0.25, 0.3) is 0 Å². The Morgan fingerprint density at radius 1 is 1.44 bits per heavy atom. The second-order valence-electron chi connectivity index (χ2n) is 3.35. The first kappa shape index (κ1) is 12.5. The Labute approximate surface area is 98.1 Å². The van der Waals surface area contributed by atoms with Crippen LogP contribution >= 0.6 is 0 Å². The summed E-state index contributed by atoms with van der Waals surface area (Å²) in [5.74, 6) is 0. The summed E-state index contributed by atoms with van der Waals surface area (Å²) in [6.45, 7) is 11.5. The summed E-state index contributed by atoms with van der Waals surface area (Å²) in [5.41, 5.74) is 10.1. The third-order valence-corrected chi connectivity index (χ3v) is 2.55. The fourth-order valence-corrected chi connectivity index (χ4v) is 1.86. The van der Waals surface area contributed by atoms with Gasteiger partial charge < -0.3 is 5.43 Å². The summed E-state index contributed by atoms with van der Waals surface area (Å²) >= 11 is 0. The van der Waals surface area contributed by atoms with E-state index >= 15 is 0 Å². The van der Waals surface area contributed by atoms with Crippen molar-refractivity contribution in [3.8, 4) is 0 Å². The standard InChI is InChI=1S/C12H14N2.C2H6/c1-3-6-9(4-2)12-10-7-5-8-11(10)13-14-12;1-2/h3-6,8,12-14H,1-2,7H2;1-2H3/b9-6+;. The molecule has 0 fully saturated rings. The van der Waals surface area contributed by atoms with Crippen molar-refractivity contribution in [2.45, 2.75) is 26.3 Å². The summed E-state index contributed by atoms with van der Waals surface area (Å²) < 4.78 is 0. The zero-order valence-electron chi connectivity index (χ0n) is 10.1. The largest absolute Gasteiger partial charge is 0.321 e. The fourth-order valence-electron chi connectivity index (χ4n) is 1.86. The Morgan fingerprint density at radius 2 is 2.19 bits per heavy atom. The second-order valence-corrected chi connectivity index (χ2v) is 3.35. The first-order valence-corrected chi connectivity index (χ1v) is 5.73. The van der Waals surface area contributed by atoms with Gasteiger partial charge in [-0.25, -0.2) is 5.43 Å². The van der Waals surface area contributed by atoms with Gasteiger partial charge in [-0.1, -0.05) is 51.3 Å². The van der Waals surface area contributed by atoms with Gasteiger partial charge in [-0.15, -0.1) is 0 Å². The topological polar surface area (TPSA) is 24.1 Å². The van der Waals surface area contributed by atoms with Crippen LogP contribution in [0.5, 0.6) is 0 Å². The van der Waals surface area contributed by atoms with Crippen LogP contribution in [0.3, 0.4) is 0 Å². The van der Waals surface area contributed by atoms with E-state index in [-0.39, 0.29) is 6.04 Å². The molecule has 0 spiro atoms. The molecule has 0 saturated carbocycles. The van der Waals surface area contributed by atoms with Gasteiger partial charge in [0, 0.05) is 5.70 Å². The van der Waals surface area contributed by atoms with E-state index in [1.807, 2.05) is 26.0 Å². The van der Waals surface area contributed by atoms with Crippen LogP contribution in [0.4, 0.5) is 0 Å². The number of rotatable bonds is 3. The minimum absolute atomic E-state index is 0.246. The van der Waals surface area contributed by atoms with Crippen LogP contribution in [0.15, 0.2) is 60.4 Å². The molecule has 1 heterocycles. The highest BCUT2D eigenvalue weighted by Crippen LogP contribution is 2.28. The van der Waals surface area contributed by atoms with Crippen molar-refractivity contribution >= 4 is 0 Å². The third-order valence-electron chi connectivity index (χ3n) is 2.55. The SMILES string of the molecule is C=C/C=C(\C=C)C1NNC2=C1CC=C2.CC. The van der Waals surface area contributed by atoms with Crippen LogP contribution < -0.4 is 10.9 Å². The van der Waals surface area contributed by atoms with Crippen LogP contribution in [-0.2, 0) is 0 Å². The van der Waals surface area contributed by atoms with Crippen LogP contribution in [0, 0.1) is 0 Å². The molecule has 0 aromatic heterocycles. The minimum Gasteiger partial charge on any atom is -0.321 e. The highest BCUT2D eigenvalue weighted by Gasteiger charge is 2.26. The lowest BCUT2D eigenvalue weighted by atomic mass is 9.98. The van der Waals surface area contributed by atoms with Gasteiger partial charge in [0.1, 0.15) is 0 Å². The number of hydrazine groups is 1. The maximum atomic E-state index is 3.81. The molecule has 0 amide bonds. The smallest absolute Gasteiger partial charge is 0.0746 e. The maximum Gasteiger partial charge on any atom is 0.0746 e. The highest BCUT2D eigenvalue weighted by molar-refractivity contribution is 5.46. The zero-order chi connectivity index (χ0) is 12.0. The van der Waals surface area contributed by atoms with E-state index in [0.29, 0.717) is 0 Å². The van der Waals surface area contributed by atoms with E-state index < -0.39 is 0 Å². The summed E-state index contributed by atoms with van der Waals surface area (Å²) in [5, 5.41) is 0. The summed E-state index contributed by atoms with van der Waals surface area (Å²) in [7, 11) is 0. The molecule has 2 nitrogen and oxygen atoms in total. The average Bonchev–Trinajstić information content (AvgIpc) is 2.91. The Hall–Kier alpha value is -1.54. The maximum absolute atomic E-state index is 3.81. The molecule has 2 aliphatic rings. The summed E-state index contributed by atoms with van der Waals surface area (Å²) in [4.78, 5) is 0. The van der Waals surface area contributed by atoms with Gasteiger partial charge in [-0.2, -0.15) is 0 Å². The van der Waals surface area contributed by atoms with Crippen LogP contribution in [0.2, 0.25) is 0 Å². The molecule has 0 aromatic rings. The first-order chi connectivity index (χ1) is 7.86. The average molecular weight is 216 g/mol. The Bertz CT molecular complexity index is 359. The van der Waals surface area contributed by atoms with Gasteiger partial charge in [-0.3, -0.25) is 0 Å². The second kappa shape index (κ2) is 6.13. The zero-order valence-corrected chi connectivity index (χ0v) is 10.1. The molecule has 2 rings (SSSR count). The number of hydrogen-bond donors (Lipinski definition) is 2. The highest BCUT2D eigenvalue weighted by atomic mass is 15.4. The summed E-state index contributed by atoms with van der Waals surface area (Å²) in [6, 6.07) is 0.246. The van der Waals surface area contributed by atoms with Crippen molar-refractivity contribution in [1.82, 2.24) is 10.9 Å². The van der Waals surface area contributed by atoms with Crippen molar-refractivity contribution in [3.63, 3.8) is 0 Å². The molecule has 0 aromatic carbocycles. The van der Waals surface area contributed by atoms with Gasteiger partial charge in [-0.05, 0) is 23.6 Å². The van der Waals surface area contributed by atoms with E-state index in [1.54, 1.807) is 6.08 Å². The quantitative estimate of drug-likeness (QED) is 0.709. The normalized spacial score (nSPS) is 22.1. The lowest BCUT2D eigenvalue weighted by Crippen LogP contribution is -2.34. The minimum atomic E-state index is 0.246. The molecule has 1 atom stereocenters. The molecule has 0 bridgehead atoms. The van der Waals surface area contributed by atoms with E-state index in [0.717, 1.165) is 12.0 Å². The van der Waals surface area contributed by atoms with E-state index in [2.05, 4.69) is 36.2 Å². The van der Waals surface area contributed by atoms with E-state index in [4.69, 9.17) is 0 Å². The van der Waals surface area contributed by atoms with Crippen molar-refractivity contribution < 1.29 is 0 Å². The Morgan fingerprint density at radius 3 is 2.81 bits per heavy atom. The number of nitrogens with one attached hydrogen (secondary N) is 2. The molecular weight excluding hydrogens is 196 g/mol. The molecular formula is C14H20N2. The van der Waals surface area contributed by atoms with Gasteiger partial charge in [0.25, 0.3) is 0 Å². The Kier molecular flexibility index (Phi) is 4.80. The molecule has 2 N–H and O–H groups in total. The predicted octanol–water partition coefficient (Wildman–Crippen LogP) is 3.00. The van der Waals surface area contributed by atoms with Gasteiger partial charge >= 0.3 is 0 Å². The molecule has 16 heavy (non-hydrogen) atoms. The molecule has 1 aliphatic heterocycles. The molecule has 0 saturated heterocycles. The summed E-state index contributed by atoms with van der Waals surface area (Å²) in [6.07, 6.45) is 10.9. The molecule has 0 radical (unpaired) electrons. The Balaban J connectivity index is 0.000000606. The first-order valence-electron chi connectivity index (χ1n) is 5.73. The van der Waals surface area contributed by atoms with Gasteiger partial charge in [0.15, 0.2) is 0 Å². The van der Waals surface area contributed by atoms with Crippen molar-refractivity contribution in [2.75, 3.05) is 0 Å². The van der Waals surface area contributed by atoms with E-state index in [1.165, 1.54) is 11.3 Å². The van der Waals surface area contributed by atoms with Gasteiger partial charge in [0.05, 0.1) is 6.04 Å². The molecule has 86 valence electrons. The number of allylic oxidation sites excluding steroid dienone is 4. The molecule has 2 heteroatoms. The molecule has 1 unspecified atom stereocenters. The van der Waals surface area contributed by atoms with E-state index in [9.17, 15) is 0 Å².